The maximum absolute atomic E-state index is 13.8. The van der Waals surface area contributed by atoms with Crippen LogP contribution in [0.2, 0.25) is 0 Å². The van der Waals surface area contributed by atoms with Crippen LogP contribution in [0.15, 0.2) is 53.4 Å². The molecule has 7 nitrogen and oxygen atoms in total. The van der Waals surface area contributed by atoms with E-state index in [0.29, 0.717) is 12.0 Å². The van der Waals surface area contributed by atoms with Crippen molar-refractivity contribution in [2.24, 2.45) is 17.8 Å². The molecule has 6 atom stereocenters. The number of phenolic OH excluding ortho intramolecular Hbond substituents is 1. The number of rotatable bonds is 4. The van der Waals surface area contributed by atoms with Crippen molar-refractivity contribution in [3.8, 4) is 5.75 Å². The molecule has 1 N–H and O–H groups in total. The Bertz CT molecular complexity index is 1370. The molecule has 3 heterocycles. The first-order valence-corrected chi connectivity index (χ1v) is 14.6. The maximum atomic E-state index is 13.8. The van der Waals surface area contributed by atoms with Gasteiger partial charge in [-0.2, -0.15) is 0 Å². The summed E-state index contributed by atoms with van der Waals surface area (Å²) in [6, 6.07) is 10.0. The number of hydrogen-bond acceptors (Lipinski definition) is 6. The summed E-state index contributed by atoms with van der Waals surface area (Å²) in [5.74, 6) is -4.38. The van der Waals surface area contributed by atoms with Crippen molar-refractivity contribution in [3.05, 3.63) is 63.9 Å². The van der Waals surface area contributed by atoms with Crippen LogP contribution in [0.4, 0.5) is 0 Å². The van der Waals surface area contributed by atoms with Crippen LogP contribution >= 0.6 is 50.5 Å². The molecule has 0 bridgehead atoms. The minimum atomic E-state index is -1.84. The third-order valence-corrected chi connectivity index (χ3v) is 11.0. The van der Waals surface area contributed by atoms with Crippen molar-refractivity contribution >= 4 is 74.1 Å². The number of hydrogen-bond donors (Lipinski definition) is 1. The molecule has 37 heavy (non-hydrogen) atoms. The van der Waals surface area contributed by atoms with E-state index in [9.17, 15) is 24.3 Å². The highest BCUT2D eigenvalue weighted by Gasteiger charge is 2.76. The van der Waals surface area contributed by atoms with Crippen LogP contribution in [0.5, 0.6) is 5.75 Å². The molecule has 4 aliphatic rings. The second kappa shape index (κ2) is 8.66. The summed E-state index contributed by atoms with van der Waals surface area (Å²) in [6.45, 7) is 0.200. The summed E-state index contributed by atoms with van der Waals surface area (Å²) in [4.78, 5) is 53.9. The van der Waals surface area contributed by atoms with Crippen molar-refractivity contribution in [1.82, 2.24) is 9.80 Å². The Morgan fingerprint density at radius 2 is 1.73 bits per heavy atom. The first kappa shape index (κ1) is 25.1. The summed E-state index contributed by atoms with van der Waals surface area (Å²) in [7, 11) is 0. The fraction of sp³-hybridized carbons (Fsp3) is 0.385. The number of allylic oxidation sites excluding steroid dienone is 2. The first-order chi connectivity index (χ1) is 17.6. The van der Waals surface area contributed by atoms with Gasteiger partial charge in [0.05, 0.1) is 23.8 Å². The number of likely N-dealkylation sites (tertiary alicyclic amines) is 2. The second-order valence-corrected chi connectivity index (χ2v) is 12.7. The number of amides is 4. The number of phenols is 1. The molecular weight excluding hydrogens is 603 g/mol. The number of nitrogens with zero attached hydrogens (tertiary/aromatic N) is 2. The molecule has 192 valence electrons. The first-order valence-electron chi connectivity index (χ1n) is 11.8. The van der Waals surface area contributed by atoms with Crippen LogP contribution < -0.4 is 0 Å². The minimum Gasteiger partial charge on any atom is -0.508 e. The third kappa shape index (κ3) is 3.30. The van der Waals surface area contributed by atoms with E-state index in [1.165, 1.54) is 28.4 Å². The smallest absolute Gasteiger partial charge is 0.254 e. The van der Waals surface area contributed by atoms with E-state index in [4.69, 9.17) is 23.2 Å². The lowest BCUT2D eigenvalue weighted by atomic mass is 9.56. The quantitative estimate of drug-likeness (QED) is 0.236. The number of carbonyl (C=O) groups is 4. The molecule has 1 aromatic heterocycles. The van der Waals surface area contributed by atoms with Gasteiger partial charge in [-0.1, -0.05) is 45.8 Å². The highest BCUT2D eigenvalue weighted by Crippen LogP contribution is 2.65. The average molecular weight is 624 g/mol. The molecule has 1 saturated carbocycles. The number of alkyl halides is 3. The average Bonchev–Trinajstić information content (AvgIpc) is 3.52. The fourth-order valence-electron chi connectivity index (χ4n) is 6.57. The lowest BCUT2D eigenvalue weighted by Crippen LogP contribution is -2.60. The summed E-state index contributed by atoms with van der Waals surface area (Å²) >= 11 is 19.0. The van der Waals surface area contributed by atoms with Gasteiger partial charge in [-0.15, -0.1) is 34.5 Å². The van der Waals surface area contributed by atoms with Crippen molar-refractivity contribution in [2.45, 2.75) is 35.1 Å². The van der Waals surface area contributed by atoms with Gasteiger partial charge in [-0.25, -0.2) is 0 Å². The van der Waals surface area contributed by atoms with Crippen molar-refractivity contribution < 1.29 is 24.3 Å². The van der Waals surface area contributed by atoms with E-state index in [-0.39, 0.29) is 36.0 Å². The molecule has 6 unspecified atom stereocenters. The number of fused-ring (bicyclic) bond motifs is 4. The SMILES string of the molecule is O=C1C2CC=C3C(CC4(Cl)C(=O)N(CBr)C(=O)C4(Cl)C3c3ccc(O)cc3)C2C(=O)N1Cc1cccs1. The fourth-order valence-corrected chi connectivity index (χ4v) is 8.69. The normalized spacial score (nSPS) is 34.9. The summed E-state index contributed by atoms with van der Waals surface area (Å²) in [5.41, 5.74) is 1.25. The number of halogens is 3. The third-order valence-electron chi connectivity index (χ3n) is 8.23. The predicted molar refractivity (Wildman–Crippen MR) is 141 cm³/mol. The van der Waals surface area contributed by atoms with Gasteiger partial charge in [-0.05, 0) is 47.9 Å². The van der Waals surface area contributed by atoms with Crippen LogP contribution in [0.1, 0.15) is 29.2 Å². The molecule has 2 aliphatic carbocycles. The Morgan fingerprint density at radius 3 is 2.38 bits per heavy atom. The summed E-state index contributed by atoms with van der Waals surface area (Å²) in [6.07, 6.45) is 2.18. The highest BCUT2D eigenvalue weighted by molar-refractivity contribution is 9.09. The van der Waals surface area contributed by atoms with Crippen LogP contribution in [-0.2, 0) is 25.7 Å². The van der Waals surface area contributed by atoms with Crippen molar-refractivity contribution in [3.63, 3.8) is 0 Å². The highest BCUT2D eigenvalue weighted by atomic mass is 79.9. The standard InChI is InChI=1S/C26H21BrCl2N2O5S/c27-12-31-23(35)25(28)10-18-16(20(26(25,29)24(31)36)13-3-5-14(32)6-4-13)7-8-17-19(18)22(34)30(21(17)33)11-15-2-1-9-37-15/h1-7,9,17-20,32H,8,10-12H2. The Kier molecular flexibility index (Phi) is 5.87. The monoisotopic (exact) mass is 622 g/mol. The van der Waals surface area contributed by atoms with E-state index >= 15 is 0 Å². The second-order valence-electron chi connectivity index (χ2n) is 9.92. The zero-order valence-corrected chi connectivity index (χ0v) is 23.2. The molecule has 11 heteroatoms. The van der Waals surface area contributed by atoms with Crippen LogP contribution in [0.25, 0.3) is 0 Å². The van der Waals surface area contributed by atoms with E-state index in [1.807, 2.05) is 23.6 Å². The molecule has 4 amide bonds. The molecule has 2 saturated heterocycles. The van der Waals surface area contributed by atoms with E-state index < -0.39 is 45.2 Å². The molecule has 6 rings (SSSR count). The molecule has 2 aliphatic heterocycles. The van der Waals surface area contributed by atoms with Crippen LogP contribution in [0.3, 0.4) is 0 Å². The molecule has 3 fully saturated rings. The largest absolute Gasteiger partial charge is 0.508 e. The van der Waals surface area contributed by atoms with Gasteiger partial charge in [0, 0.05) is 10.8 Å². The van der Waals surface area contributed by atoms with Crippen LogP contribution in [-0.4, -0.2) is 53.7 Å². The Balaban J connectivity index is 1.48. The van der Waals surface area contributed by atoms with Gasteiger partial charge in [0.15, 0.2) is 9.75 Å². The van der Waals surface area contributed by atoms with Crippen molar-refractivity contribution in [1.29, 1.82) is 0 Å². The predicted octanol–water partition coefficient (Wildman–Crippen LogP) is 4.37. The van der Waals surface area contributed by atoms with Gasteiger partial charge >= 0.3 is 0 Å². The number of carbonyl (C=O) groups excluding carboxylic acids is 4. The van der Waals surface area contributed by atoms with Gasteiger partial charge in [-0.3, -0.25) is 29.0 Å². The van der Waals surface area contributed by atoms with Gasteiger partial charge in [0.1, 0.15) is 5.75 Å². The molecular formula is C26H21BrCl2N2O5S. The topological polar surface area (TPSA) is 95.0 Å². The summed E-state index contributed by atoms with van der Waals surface area (Å²) in [5, 5.41) is 11.8. The number of aromatic hydroxyl groups is 1. The molecule has 2 aromatic rings. The molecule has 0 radical (unpaired) electrons. The van der Waals surface area contributed by atoms with E-state index in [0.717, 1.165) is 15.4 Å². The lowest BCUT2D eigenvalue weighted by molar-refractivity contribution is -0.141. The Morgan fingerprint density at radius 1 is 1.00 bits per heavy atom. The Hall–Kier alpha value is -2.20. The zero-order valence-electron chi connectivity index (χ0n) is 19.3. The van der Waals surface area contributed by atoms with Gasteiger partial charge in [0.25, 0.3) is 11.8 Å². The Labute approximate surface area is 235 Å². The van der Waals surface area contributed by atoms with Gasteiger partial charge < -0.3 is 5.11 Å². The van der Waals surface area contributed by atoms with Gasteiger partial charge in [0.2, 0.25) is 11.8 Å². The summed E-state index contributed by atoms with van der Waals surface area (Å²) < 4.78 is 0. The van der Waals surface area contributed by atoms with Crippen LogP contribution in [0, 0.1) is 17.8 Å². The lowest BCUT2D eigenvalue weighted by Gasteiger charge is -2.50. The van der Waals surface area contributed by atoms with E-state index in [1.54, 1.807) is 12.1 Å². The molecule has 1 aromatic carbocycles. The number of thiophene rings is 1. The molecule has 0 spiro atoms. The minimum absolute atomic E-state index is 0.0336. The number of benzene rings is 1. The maximum Gasteiger partial charge on any atom is 0.254 e. The number of imide groups is 2. The van der Waals surface area contributed by atoms with Crippen molar-refractivity contribution in [2.75, 3.05) is 5.45 Å². The zero-order chi connectivity index (χ0) is 26.3. The van der Waals surface area contributed by atoms with E-state index in [2.05, 4.69) is 15.9 Å².